The van der Waals surface area contributed by atoms with Crippen LogP contribution in [0.25, 0.3) is 55.0 Å². The number of hydrogen-bond donors (Lipinski definition) is 3. The van der Waals surface area contributed by atoms with E-state index in [0.29, 0.717) is 5.65 Å². The molecule has 7 rings (SSSR count). The van der Waals surface area contributed by atoms with E-state index in [-0.39, 0.29) is 11.2 Å². The Hall–Kier alpha value is -4.22. The summed E-state index contributed by atoms with van der Waals surface area (Å²) in [5.41, 5.74) is 11.4. The van der Waals surface area contributed by atoms with Crippen molar-refractivity contribution >= 4 is 39.1 Å². The SMILES string of the molecule is NC1CN(c2cncc(-c3cnc4n[nH]c(-c5cc6c(-c7ccc(F)s7)cncc6[nH]5)c4c3)n2)C1. The second-order valence-corrected chi connectivity index (χ2v) is 9.59. The summed E-state index contributed by atoms with van der Waals surface area (Å²) in [7, 11) is 0. The lowest BCUT2D eigenvalue weighted by atomic mass is 10.1. The maximum absolute atomic E-state index is 13.7. The van der Waals surface area contributed by atoms with Gasteiger partial charge >= 0.3 is 0 Å². The number of fused-ring (bicyclic) bond motifs is 2. The number of rotatable bonds is 4. The topological polar surface area (TPSA) is 125 Å². The molecule has 0 amide bonds. The Morgan fingerprint density at radius 3 is 2.74 bits per heavy atom. The van der Waals surface area contributed by atoms with Crippen LogP contribution in [0.15, 0.2) is 55.2 Å². The third-order valence-electron chi connectivity index (χ3n) is 6.21. The fourth-order valence-corrected chi connectivity index (χ4v) is 5.19. The molecule has 0 aromatic carbocycles. The van der Waals surface area contributed by atoms with Crippen molar-refractivity contribution in [1.82, 2.24) is 35.1 Å². The number of aromatic amines is 2. The molecule has 9 nitrogen and oxygen atoms in total. The minimum Gasteiger partial charge on any atom is -0.352 e. The van der Waals surface area contributed by atoms with Crippen LogP contribution in [0.4, 0.5) is 10.2 Å². The molecule has 0 unspecified atom stereocenters. The van der Waals surface area contributed by atoms with Crippen molar-refractivity contribution in [2.45, 2.75) is 6.04 Å². The second-order valence-electron chi connectivity index (χ2n) is 8.56. The standard InChI is InChI=1S/C24H18FN9S/c25-21-2-1-20(35-21)16-6-27-8-19-14(16)4-17(30-19)23-15-3-12(5-29-24(15)33-32-23)18-7-28-9-22(31-18)34-10-13(26)11-34/h1-9,13,30H,10-11,26H2,(H,29,32,33). The van der Waals surface area contributed by atoms with Gasteiger partial charge < -0.3 is 15.6 Å². The zero-order valence-corrected chi connectivity index (χ0v) is 19.1. The number of nitrogens with zero attached hydrogens (tertiary/aromatic N) is 6. The number of halogens is 1. The van der Waals surface area contributed by atoms with Crippen molar-refractivity contribution in [3.63, 3.8) is 0 Å². The molecule has 0 bridgehead atoms. The van der Waals surface area contributed by atoms with E-state index in [1.807, 2.05) is 12.1 Å². The van der Waals surface area contributed by atoms with Gasteiger partial charge in [0.25, 0.3) is 0 Å². The number of H-pyrrole nitrogens is 2. The summed E-state index contributed by atoms with van der Waals surface area (Å²) in [6, 6.07) is 7.45. The van der Waals surface area contributed by atoms with E-state index in [2.05, 4.69) is 35.0 Å². The van der Waals surface area contributed by atoms with Gasteiger partial charge in [-0.2, -0.15) is 9.49 Å². The Bertz CT molecular complexity index is 1710. The Balaban J connectivity index is 1.31. The molecule has 1 aliphatic rings. The lowest BCUT2D eigenvalue weighted by Crippen LogP contribution is -2.56. The zero-order chi connectivity index (χ0) is 23.5. The van der Waals surface area contributed by atoms with Crippen LogP contribution in [0, 0.1) is 5.13 Å². The lowest BCUT2D eigenvalue weighted by Gasteiger charge is -2.37. The summed E-state index contributed by atoms with van der Waals surface area (Å²) in [6.45, 7) is 1.55. The summed E-state index contributed by atoms with van der Waals surface area (Å²) >= 11 is 1.10. The van der Waals surface area contributed by atoms with Crippen LogP contribution < -0.4 is 10.6 Å². The molecule has 1 fully saturated rings. The summed E-state index contributed by atoms with van der Waals surface area (Å²) in [5, 5.41) is 9.07. The van der Waals surface area contributed by atoms with Crippen molar-refractivity contribution in [3.8, 4) is 33.1 Å². The van der Waals surface area contributed by atoms with Crippen LogP contribution in [0.1, 0.15) is 0 Å². The van der Waals surface area contributed by atoms with Gasteiger partial charge in [0.2, 0.25) is 0 Å². The van der Waals surface area contributed by atoms with E-state index in [9.17, 15) is 4.39 Å². The third kappa shape index (κ3) is 3.35. The molecular weight excluding hydrogens is 465 g/mol. The lowest BCUT2D eigenvalue weighted by molar-refractivity contribution is 0.514. The summed E-state index contributed by atoms with van der Waals surface area (Å²) in [6.07, 6.45) is 8.75. The number of aromatic nitrogens is 7. The molecular formula is C24H18FN9S. The highest BCUT2D eigenvalue weighted by Crippen LogP contribution is 2.36. The second kappa shape index (κ2) is 7.65. The van der Waals surface area contributed by atoms with Gasteiger partial charge in [0, 0.05) is 58.3 Å². The van der Waals surface area contributed by atoms with Gasteiger partial charge in [0.1, 0.15) is 5.82 Å². The average molecular weight is 484 g/mol. The fourth-order valence-electron chi connectivity index (χ4n) is 4.43. The van der Waals surface area contributed by atoms with Gasteiger partial charge in [-0.25, -0.2) is 9.97 Å². The molecule has 4 N–H and O–H groups in total. The molecule has 11 heteroatoms. The maximum atomic E-state index is 13.7. The molecule has 35 heavy (non-hydrogen) atoms. The van der Waals surface area contributed by atoms with Crippen LogP contribution >= 0.6 is 11.3 Å². The van der Waals surface area contributed by atoms with Crippen LogP contribution in [-0.4, -0.2) is 54.2 Å². The average Bonchev–Trinajstić information content (AvgIpc) is 3.59. The molecule has 1 saturated heterocycles. The predicted molar refractivity (Wildman–Crippen MR) is 133 cm³/mol. The van der Waals surface area contributed by atoms with Gasteiger partial charge in [0.15, 0.2) is 10.8 Å². The highest BCUT2D eigenvalue weighted by atomic mass is 32.1. The van der Waals surface area contributed by atoms with Crippen molar-refractivity contribution < 1.29 is 4.39 Å². The molecule has 7 heterocycles. The summed E-state index contributed by atoms with van der Waals surface area (Å²) < 4.78 is 13.7. The number of pyridine rings is 2. The van der Waals surface area contributed by atoms with Crippen LogP contribution in [0.2, 0.25) is 0 Å². The maximum Gasteiger partial charge on any atom is 0.181 e. The van der Waals surface area contributed by atoms with E-state index >= 15 is 0 Å². The number of nitrogens with one attached hydrogen (secondary N) is 2. The Morgan fingerprint density at radius 1 is 1.03 bits per heavy atom. The quantitative estimate of drug-likeness (QED) is 0.346. The zero-order valence-electron chi connectivity index (χ0n) is 18.2. The predicted octanol–water partition coefficient (Wildman–Crippen LogP) is 3.97. The smallest absolute Gasteiger partial charge is 0.181 e. The minimum absolute atomic E-state index is 0.179. The molecule has 0 aliphatic carbocycles. The van der Waals surface area contributed by atoms with Gasteiger partial charge in [-0.05, 0) is 24.3 Å². The van der Waals surface area contributed by atoms with E-state index in [1.165, 1.54) is 6.07 Å². The molecule has 0 atom stereocenters. The van der Waals surface area contributed by atoms with Gasteiger partial charge in [-0.1, -0.05) is 0 Å². The van der Waals surface area contributed by atoms with Crippen molar-refractivity contribution in [2.75, 3.05) is 18.0 Å². The minimum atomic E-state index is -0.227. The molecule has 1 aliphatic heterocycles. The van der Waals surface area contributed by atoms with Crippen LogP contribution in [0.5, 0.6) is 0 Å². The number of thiophene rings is 1. The molecule has 172 valence electrons. The number of nitrogens with two attached hydrogens (primary N) is 1. The van der Waals surface area contributed by atoms with E-state index < -0.39 is 0 Å². The Morgan fingerprint density at radius 2 is 1.91 bits per heavy atom. The monoisotopic (exact) mass is 483 g/mol. The Labute approximate surface area is 201 Å². The largest absolute Gasteiger partial charge is 0.352 e. The molecule has 0 radical (unpaired) electrons. The first kappa shape index (κ1) is 20.2. The number of anilines is 1. The van der Waals surface area contributed by atoms with Crippen molar-refractivity contribution in [2.24, 2.45) is 5.73 Å². The van der Waals surface area contributed by atoms with E-state index in [1.54, 1.807) is 37.1 Å². The molecule has 6 aromatic heterocycles. The molecule has 0 saturated carbocycles. The van der Waals surface area contributed by atoms with Crippen LogP contribution in [0.3, 0.4) is 0 Å². The highest BCUT2D eigenvalue weighted by molar-refractivity contribution is 7.14. The summed E-state index contributed by atoms with van der Waals surface area (Å²) in [4.78, 5) is 24.4. The first-order valence-electron chi connectivity index (χ1n) is 11.0. The molecule has 0 spiro atoms. The van der Waals surface area contributed by atoms with E-state index in [4.69, 9.17) is 10.7 Å². The first-order chi connectivity index (χ1) is 17.1. The van der Waals surface area contributed by atoms with E-state index in [0.717, 1.165) is 79.6 Å². The van der Waals surface area contributed by atoms with Crippen LogP contribution in [-0.2, 0) is 0 Å². The van der Waals surface area contributed by atoms with Crippen molar-refractivity contribution in [3.05, 3.63) is 60.4 Å². The molecule has 6 aromatic rings. The summed E-state index contributed by atoms with van der Waals surface area (Å²) in [5.74, 6) is 0.803. The Kier molecular flexibility index (Phi) is 4.41. The van der Waals surface area contributed by atoms with Gasteiger partial charge in [0.05, 0.1) is 41.2 Å². The van der Waals surface area contributed by atoms with Gasteiger partial charge in [-0.15, -0.1) is 11.3 Å². The highest BCUT2D eigenvalue weighted by Gasteiger charge is 2.25. The fraction of sp³-hybridized carbons (Fsp3) is 0.125. The third-order valence-corrected chi connectivity index (χ3v) is 7.12. The normalized spacial score (nSPS) is 14.2. The van der Waals surface area contributed by atoms with Gasteiger partial charge in [-0.3, -0.25) is 15.1 Å². The number of hydrogen-bond acceptors (Lipinski definition) is 8. The first-order valence-corrected chi connectivity index (χ1v) is 11.8. The van der Waals surface area contributed by atoms with Crippen molar-refractivity contribution in [1.29, 1.82) is 0 Å².